The van der Waals surface area contributed by atoms with Crippen LogP contribution in [0.2, 0.25) is 0 Å². The van der Waals surface area contributed by atoms with Crippen LogP contribution < -0.4 is 5.32 Å². The monoisotopic (exact) mass is 216 g/mol. The molecule has 1 unspecified atom stereocenters. The highest BCUT2D eigenvalue weighted by atomic mass is 32.2. The van der Waals surface area contributed by atoms with E-state index in [1.54, 1.807) is 0 Å². The molecule has 3 heteroatoms. The number of nitrogens with zero attached hydrogens (tertiary/aromatic N) is 1. The minimum atomic E-state index is 0.860. The number of nitrogens with one attached hydrogen (secondary N) is 1. The quantitative estimate of drug-likeness (QED) is 0.654. The smallest absolute Gasteiger partial charge is 0.0191 e. The molecule has 0 aromatic heterocycles. The fourth-order valence-electron chi connectivity index (χ4n) is 1.84. The molecule has 0 aliphatic carbocycles. The molecule has 0 spiro atoms. The van der Waals surface area contributed by atoms with Gasteiger partial charge in [0, 0.05) is 11.8 Å². The lowest BCUT2D eigenvalue weighted by molar-refractivity contribution is 0.257. The van der Waals surface area contributed by atoms with Crippen LogP contribution in [0.15, 0.2) is 0 Å². The second kappa shape index (κ2) is 7.55. The van der Waals surface area contributed by atoms with E-state index in [9.17, 15) is 0 Å². The maximum Gasteiger partial charge on any atom is 0.0191 e. The number of thioether (sulfide) groups is 1. The lowest BCUT2D eigenvalue weighted by Crippen LogP contribution is -2.32. The second-order valence-electron chi connectivity index (χ2n) is 4.06. The van der Waals surface area contributed by atoms with E-state index < -0.39 is 0 Å². The summed E-state index contributed by atoms with van der Waals surface area (Å²) in [6.07, 6.45) is 4.05. The third kappa shape index (κ3) is 4.67. The van der Waals surface area contributed by atoms with Gasteiger partial charge in [-0.2, -0.15) is 11.8 Å². The van der Waals surface area contributed by atoms with Crippen molar-refractivity contribution in [3.8, 4) is 0 Å². The molecule has 1 heterocycles. The van der Waals surface area contributed by atoms with E-state index in [2.05, 4.69) is 35.9 Å². The van der Waals surface area contributed by atoms with Gasteiger partial charge >= 0.3 is 0 Å². The third-order valence-corrected chi connectivity index (χ3v) is 4.04. The van der Waals surface area contributed by atoms with Crippen LogP contribution in [0.1, 0.15) is 26.2 Å². The Morgan fingerprint density at radius 2 is 2.29 bits per heavy atom. The molecule has 2 nitrogen and oxygen atoms in total. The number of unbranched alkanes of at least 4 members (excludes halogenated alkanes) is 1. The molecule has 84 valence electrons. The molecule has 1 N–H and O–H groups in total. The fourth-order valence-corrected chi connectivity index (χ4v) is 3.14. The van der Waals surface area contributed by atoms with Gasteiger partial charge < -0.3 is 10.2 Å². The van der Waals surface area contributed by atoms with Crippen LogP contribution in [0.4, 0.5) is 0 Å². The maximum absolute atomic E-state index is 3.37. The molecule has 1 atom stereocenters. The molecule has 0 bridgehead atoms. The topological polar surface area (TPSA) is 15.3 Å². The molecular formula is C11H24N2S. The molecule has 14 heavy (non-hydrogen) atoms. The molecule has 0 radical (unpaired) electrons. The van der Waals surface area contributed by atoms with Gasteiger partial charge in [-0.05, 0) is 51.7 Å². The Bertz CT molecular complexity index is 135. The molecule has 0 aromatic carbocycles. The SMILES string of the molecule is CCNCCCCN(C)C1CCSC1. The van der Waals surface area contributed by atoms with E-state index in [-0.39, 0.29) is 0 Å². The molecule has 0 aromatic rings. The van der Waals surface area contributed by atoms with Gasteiger partial charge in [-0.1, -0.05) is 6.92 Å². The van der Waals surface area contributed by atoms with Gasteiger partial charge in [-0.15, -0.1) is 0 Å². The van der Waals surface area contributed by atoms with Crippen molar-refractivity contribution < 1.29 is 0 Å². The minimum absolute atomic E-state index is 0.860. The highest BCUT2D eigenvalue weighted by Crippen LogP contribution is 2.21. The van der Waals surface area contributed by atoms with Crippen molar-refractivity contribution in [1.82, 2.24) is 10.2 Å². The van der Waals surface area contributed by atoms with E-state index in [0.717, 1.165) is 12.6 Å². The Morgan fingerprint density at radius 3 is 2.93 bits per heavy atom. The Morgan fingerprint density at radius 1 is 1.43 bits per heavy atom. The first-order valence-corrected chi connectivity index (χ1v) is 6.98. The first-order valence-electron chi connectivity index (χ1n) is 5.83. The fraction of sp³-hybridized carbons (Fsp3) is 1.00. The van der Waals surface area contributed by atoms with Crippen LogP contribution >= 0.6 is 11.8 Å². The lowest BCUT2D eigenvalue weighted by Gasteiger charge is -2.23. The molecule has 1 fully saturated rings. The van der Waals surface area contributed by atoms with Crippen molar-refractivity contribution >= 4 is 11.8 Å². The average Bonchev–Trinajstić information content (AvgIpc) is 2.70. The average molecular weight is 216 g/mol. The maximum atomic E-state index is 3.37. The zero-order valence-electron chi connectivity index (χ0n) is 9.59. The normalized spacial score (nSPS) is 22.1. The molecule has 0 saturated carbocycles. The second-order valence-corrected chi connectivity index (χ2v) is 5.21. The van der Waals surface area contributed by atoms with Gasteiger partial charge in [0.05, 0.1) is 0 Å². The molecule has 1 saturated heterocycles. The summed E-state index contributed by atoms with van der Waals surface area (Å²) in [5, 5.41) is 3.37. The lowest BCUT2D eigenvalue weighted by atomic mass is 10.2. The van der Waals surface area contributed by atoms with Gasteiger partial charge in [0.15, 0.2) is 0 Å². The minimum Gasteiger partial charge on any atom is -0.317 e. The van der Waals surface area contributed by atoms with Crippen LogP contribution in [0.5, 0.6) is 0 Å². The molecule has 1 rings (SSSR count). The Balaban J connectivity index is 1.94. The van der Waals surface area contributed by atoms with Crippen molar-refractivity contribution in [3.05, 3.63) is 0 Å². The number of hydrogen-bond acceptors (Lipinski definition) is 3. The van der Waals surface area contributed by atoms with Crippen LogP contribution in [0.25, 0.3) is 0 Å². The summed E-state index contributed by atoms with van der Waals surface area (Å²) in [4.78, 5) is 2.55. The zero-order chi connectivity index (χ0) is 10.2. The highest BCUT2D eigenvalue weighted by molar-refractivity contribution is 7.99. The van der Waals surface area contributed by atoms with Crippen molar-refractivity contribution in [1.29, 1.82) is 0 Å². The van der Waals surface area contributed by atoms with Crippen LogP contribution in [0, 0.1) is 0 Å². The van der Waals surface area contributed by atoms with E-state index in [1.807, 2.05) is 0 Å². The first-order chi connectivity index (χ1) is 6.84. The molecule has 0 amide bonds. The highest BCUT2D eigenvalue weighted by Gasteiger charge is 2.18. The summed E-state index contributed by atoms with van der Waals surface area (Å²) >= 11 is 2.10. The summed E-state index contributed by atoms with van der Waals surface area (Å²) in [6.45, 7) is 5.73. The van der Waals surface area contributed by atoms with Gasteiger partial charge in [-0.3, -0.25) is 0 Å². The van der Waals surface area contributed by atoms with Gasteiger partial charge in [0.1, 0.15) is 0 Å². The number of hydrogen-bond donors (Lipinski definition) is 1. The van der Waals surface area contributed by atoms with E-state index in [1.165, 1.54) is 43.9 Å². The Kier molecular flexibility index (Phi) is 6.65. The van der Waals surface area contributed by atoms with E-state index in [4.69, 9.17) is 0 Å². The Labute approximate surface area is 92.8 Å². The predicted molar refractivity (Wildman–Crippen MR) is 66.1 cm³/mol. The van der Waals surface area contributed by atoms with Gasteiger partial charge in [0.2, 0.25) is 0 Å². The van der Waals surface area contributed by atoms with Crippen LogP contribution in [0.3, 0.4) is 0 Å². The largest absolute Gasteiger partial charge is 0.317 e. The van der Waals surface area contributed by atoms with Crippen molar-refractivity contribution in [3.63, 3.8) is 0 Å². The number of rotatable bonds is 7. The van der Waals surface area contributed by atoms with Gasteiger partial charge in [-0.25, -0.2) is 0 Å². The summed E-state index contributed by atoms with van der Waals surface area (Å²) in [7, 11) is 2.28. The van der Waals surface area contributed by atoms with Crippen molar-refractivity contribution in [2.45, 2.75) is 32.2 Å². The zero-order valence-corrected chi connectivity index (χ0v) is 10.4. The standard InChI is InChI=1S/C11H24N2S/c1-3-12-7-4-5-8-13(2)11-6-9-14-10-11/h11-12H,3-10H2,1-2H3. The summed E-state index contributed by atoms with van der Waals surface area (Å²) < 4.78 is 0. The van der Waals surface area contributed by atoms with Crippen LogP contribution in [-0.4, -0.2) is 49.1 Å². The molecule has 1 aliphatic rings. The summed E-state index contributed by atoms with van der Waals surface area (Å²) in [5.41, 5.74) is 0. The first kappa shape index (κ1) is 12.3. The molecule has 1 aliphatic heterocycles. The summed E-state index contributed by atoms with van der Waals surface area (Å²) in [6, 6.07) is 0.860. The van der Waals surface area contributed by atoms with Gasteiger partial charge in [0.25, 0.3) is 0 Å². The van der Waals surface area contributed by atoms with E-state index in [0.29, 0.717) is 0 Å². The van der Waals surface area contributed by atoms with E-state index >= 15 is 0 Å². The molecular weight excluding hydrogens is 192 g/mol. The third-order valence-electron chi connectivity index (χ3n) is 2.89. The summed E-state index contributed by atoms with van der Waals surface area (Å²) in [5.74, 6) is 2.72. The Hall–Kier alpha value is 0.270. The predicted octanol–water partition coefficient (Wildman–Crippen LogP) is 1.81. The van der Waals surface area contributed by atoms with Crippen molar-refractivity contribution in [2.24, 2.45) is 0 Å². The van der Waals surface area contributed by atoms with Crippen LogP contribution in [-0.2, 0) is 0 Å². The van der Waals surface area contributed by atoms with Crippen molar-refractivity contribution in [2.75, 3.05) is 38.2 Å².